The Morgan fingerprint density at radius 1 is 1.10 bits per heavy atom. The van der Waals surface area contributed by atoms with E-state index in [0.29, 0.717) is 23.6 Å². The van der Waals surface area contributed by atoms with E-state index in [1.807, 2.05) is 36.4 Å². The molecule has 0 saturated carbocycles. The third-order valence-corrected chi connectivity index (χ3v) is 5.63. The lowest BCUT2D eigenvalue weighted by molar-refractivity contribution is 0.241. The van der Waals surface area contributed by atoms with Gasteiger partial charge >= 0.3 is 11.8 Å². The number of carbonyl (C=O) groups excluding carboxylic acids is 1. The van der Waals surface area contributed by atoms with Crippen LogP contribution in [0.1, 0.15) is 42.7 Å². The zero-order chi connectivity index (χ0) is 20.1. The summed E-state index contributed by atoms with van der Waals surface area (Å²) in [6, 6.07) is 15.6. The standard InChI is InChI=1S/C23H27N3O3.ClH/c27-22(25-13-5-4-8-17-6-2-1-3-7-17)26-20-10-9-19(16-21(20)29-23(26)28)18-11-14-24-15-12-18;/h1-3,6-7,9-10,16,18,24H,4-5,8,11-15H2,(H,25,27);1H. The van der Waals surface area contributed by atoms with E-state index in [-0.39, 0.29) is 12.4 Å². The summed E-state index contributed by atoms with van der Waals surface area (Å²) in [6.07, 6.45) is 4.94. The summed E-state index contributed by atoms with van der Waals surface area (Å²) in [7, 11) is 0. The van der Waals surface area contributed by atoms with Crippen molar-refractivity contribution in [3.05, 3.63) is 70.2 Å². The fraction of sp³-hybridized carbons (Fsp3) is 0.391. The van der Waals surface area contributed by atoms with E-state index >= 15 is 0 Å². The van der Waals surface area contributed by atoms with Gasteiger partial charge in [-0.15, -0.1) is 12.4 Å². The van der Waals surface area contributed by atoms with E-state index in [0.717, 1.165) is 49.8 Å². The molecule has 0 radical (unpaired) electrons. The number of halogens is 1. The lowest BCUT2D eigenvalue weighted by atomic mass is 9.90. The number of unbranched alkanes of at least 4 members (excludes halogenated alkanes) is 1. The van der Waals surface area contributed by atoms with Crippen molar-refractivity contribution >= 4 is 29.5 Å². The number of carbonyl (C=O) groups is 1. The third-order valence-electron chi connectivity index (χ3n) is 5.63. The van der Waals surface area contributed by atoms with E-state index < -0.39 is 11.8 Å². The quantitative estimate of drug-likeness (QED) is 0.579. The van der Waals surface area contributed by atoms with Crippen LogP contribution < -0.4 is 16.4 Å². The van der Waals surface area contributed by atoms with Crippen LogP contribution in [0.2, 0.25) is 0 Å². The van der Waals surface area contributed by atoms with Crippen LogP contribution in [0.25, 0.3) is 11.1 Å². The molecule has 1 saturated heterocycles. The van der Waals surface area contributed by atoms with Gasteiger partial charge in [0.15, 0.2) is 5.58 Å². The molecule has 0 spiro atoms. The van der Waals surface area contributed by atoms with Crippen molar-refractivity contribution in [2.75, 3.05) is 19.6 Å². The molecule has 4 rings (SSSR count). The molecule has 3 aromatic rings. The van der Waals surface area contributed by atoms with Gasteiger partial charge in [-0.3, -0.25) is 0 Å². The minimum Gasteiger partial charge on any atom is -0.407 e. The number of hydrogen-bond donors (Lipinski definition) is 2. The maximum atomic E-state index is 12.5. The first-order valence-electron chi connectivity index (χ1n) is 10.4. The first kappa shape index (κ1) is 22.1. The van der Waals surface area contributed by atoms with Crippen molar-refractivity contribution < 1.29 is 9.21 Å². The number of piperidine rings is 1. The molecule has 0 atom stereocenters. The number of benzene rings is 2. The molecule has 1 fully saturated rings. The highest BCUT2D eigenvalue weighted by atomic mass is 35.5. The van der Waals surface area contributed by atoms with Crippen LogP contribution in [0.5, 0.6) is 0 Å². The lowest BCUT2D eigenvalue weighted by Crippen LogP contribution is -2.34. The molecular formula is C23H28ClN3O3. The van der Waals surface area contributed by atoms with E-state index in [2.05, 4.69) is 22.8 Å². The molecule has 160 valence electrons. The zero-order valence-electron chi connectivity index (χ0n) is 16.9. The Bertz CT molecular complexity index is 1020. The highest BCUT2D eigenvalue weighted by Crippen LogP contribution is 2.27. The van der Waals surface area contributed by atoms with Crippen molar-refractivity contribution in [2.24, 2.45) is 0 Å². The number of rotatable bonds is 6. The van der Waals surface area contributed by atoms with Crippen LogP contribution >= 0.6 is 12.4 Å². The topological polar surface area (TPSA) is 76.3 Å². The number of nitrogens with zero attached hydrogens (tertiary/aromatic N) is 1. The highest BCUT2D eigenvalue weighted by Gasteiger charge is 2.19. The molecule has 0 unspecified atom stereocenters. The van der Waals surface area contributed by atoms with Gasteiger partial charge in [0, 0.05) is 6.54 Å². The lowest BCUT2D eigenvalue weighted by Gasteiger charge is -2.22. The molecule has 2 aromatic carbocycles. The molecule has 1 amide bonds. The molecule has 1 aromatic heterocycles. The van der Waals surface area contributed by atoms with Gasteiger partial charge in [0.2, 0.25) is 0 Å². The average molecular weight is 430 g/mol. The summed E-state index contributed by atoms with van der Waals surface area (Å²) in [5.41, 5.74) is 3.46. The number of oxazole rings is 1. The van der Waals surface area contributed by atoms with Gasteiger partial charge in [0.1, 0.15) is 0 Å². The van der Waals surface area contributed by atoms with Crippen LogP contribution in [0, 0.1) is 0 Å². The Morgan fingerprint density at radius 2 is 1.87 bits per heavy atom. The summed E-state index contributed by atoms with van der Waals surface area (Å²) in [6.45, 7) is 2.53. The van der Waals surface area contributed by atoms with Crippen LogP contribution in [0.15, 0.2) is 57.7 Å². The van der Waals surface area contributed by atoms with Gasteiger partial charge in [-0.1, -0.05) is 36.4 Å². The van der Waals surface area contributed by atoms with E-state index in [1.54, 1.807) is 0 Å². The number of amides is 1. The molecule has 0 bridgehead atoms. The van der Waals surface area contributed by atoms with Crippen molar-refractivity contribution in [3.63, 3.8) is 0 Å². The van der Waals surface area contributed by atoms with Crippen LogP contribution in [-0.4, -0.2) is 30.2 Å². The monoisotopic (exact) mass is 429 g/mol. The number of aromatic nitrogens is 1. The fourth-order valence-corrected chi connectivity index (χ4v) is 4.01. The molecular weight excluding hydrogens is 402 g/mol. The molecule has 0 aliphatic carbocycles. The molecule has 2 heterocycles. The molecule has 1 aliphatic heterocycles. The normalized spacial score (nSPS) is 14.4. The van der Waals surface area contributed by atoms with Crippen molar-refractivity contribution in [1.82, 2.24) is 15.2 Å². The molecule has 1 aliphatic rings. The van der Waals surface area contributed by atoms with E-state index in [4.69, 9.17) is 4.42 Å². The van der Waals surface area contributed by atoms with Crippen LogP contribution in [0.4, 0.5) is 4.79 Å². The Labute approximate surface area is 182 Å². The smallest absolute Gasteiger partial charge is 0.407 e. The maximum absolute atomic E-state index is 12.5. The van der Waals surface area contributed by atoms with Gasteiger partial charge in [-0.05, 0) is 74.4 Å². The van der Waals surface area contributed by atoms with Crippen LogP contribution in [0.3, 0.4) is 0 Å². The predicted octanol–water partition coefficient (Wildman–Crippen LogP) is 4.06. The van der Waals surface area contributed by atoms with E-state index in [1.165, 1.54) is 11.1 Å². The van der Waals surface area contributed by atoms with Gasteiger partial charge < -0.3 is 15.1 Å². The summed E-state index contributed by atoms with van der Waals surface area (Å²) in [5, 5.41) is 6.20. The Morgan fingerprint density at radius 3 is 2.63 bits per heavy atom. The Hall–Kier alpha value is -2.57. The number of nitrogens with one attached hydrogen (secondary N) is 2. The average Bonchev–Trinajstić information content (AvgIpc) is 3.09. The molecule has 2 N–H and O–H groups in total. The maximum Gasteiger partial charge on any atom is 0.428 e. The van der Waals surface area contributed by atoms with Crippen molar-refractivity contribution in [2.45, 2.75) is 38.0 Å². The first-order valence-corrected chi connectivity index (χ1v) is 10.4. The summed E-state index contributed by atoms with van der Waals surface area (Å²) in [5.74, 6) is -0.169. The second-order valence-corrected chi connectivity index (χ2v) is 7.63. The minimum atomic E-state index is -0.635. The largest absolute Gasteiger partial charge is 0.428 e. The van der Waals surface area contributed by atoms with E-state index in [9.17, 15) is 9.59 Å². The predicted molar refractivity (Wildman–Crippen MR) is 121 cm³/mol. The Balaban J connectivity index is 0.00000256. The second kappa shape index (κ2) is 10.5. The summed E-state index contributed by atoms with van der Waals surface area (Å²) >= 11 is 0. The zero-order valence-corrected chi connectivity index (χ0v) is 17.7. The van der Waals surface area contributed by atoms with Crippen molar-refractivity contribution in [1.29, 1.82) is 0 Å². The molecule has 7 heteroatoms. The number of hydrogen-bond acceptors (Lipinski definition) is 4. The molecule has 6 nitrogen and oxygen atoms in total. The van der Waals surface area contributed by atoms with Gasteiger partial charge in [-0.25, -0.2) is 9.59 Å². The Kier molecular flexibility index (Phi) is 7.71. The summed E-state index contributed by atoms with van der Waals surface area (Å²) < 4.78 is 6.46. The van der Waals surface area contributed by atoms with Crippen molar-refractivity contribution in [3.8, 4) is 0 Å². The number of fused-ring (bicyclic) bond motifs is 1. The second-order valence-electron chi connectivity index (χ2n) is 7.63. The number of aryl methyl sites for hydroxylation is 1. The highest BCUT2D eigenvalue weighted by molar-refractivity contribution is 5.88. The summed E-state index contributed by atoms with van der Waals surface area (Å²) in [4.78, 5) is 24.8. The minimum absolute atomic E-state index is 0. The fourth-order valence-electron chi connectivity index (χ4n) is 4.01. The van der Waals surface area contributed by atoms with Crippen LogP contribution in [-0.2, 0) is 6.42 Å². The SMILES string of the molecule is Cl.O=C(NCCCCc1ccccc1)n1c(=O)oc2cc(C3CCNCC3)ccc21. The van der Waals surface area contributed by atoms with Gasteiger partial charge in [-0.2, -0.15) is 4.57 Å². The molecule has 30 heavy (non-hydrogen) atoms. The third kappa shape index (κ3) is 5.12. The van der Waals surface area contributed by atoms with Gasteiger partial charge in [0.05, 0.1) is 5.52 Å². The first-order chi connectivity index (χ1) is 14.2. The van der Waals surface area contributed by atoms with Gasteiger partial charge in [0.25, 0.3) is 0 Å².